The fraction of sp³-hybridized carbons (Fsp3) is 0.190. The summed E-state index contributed by atoms with van der Waals surface area (Å²) in [5.41, 5.74) is 3.51. The molecule has 6 heteroatoms. The molecule has 1 N–H and O–H groups in total. The minimum atomic E-state index is -0.621. The van der Waals surface area contributed by atoms with Gasteiger partial charge in [0.2, 0.25) is 0 Å². The average molecular weight is 363 g/mol. The van der Waals surface area contributed by atoms with Gasteiger partial charge in [-0.25, -0.2) is 4.79 Å². The molecule has 1 amide bonds. The number of amides is 1. The third kappa shape index (κ3) is 3.89. The van der Waals surface area contributed by atoms with Crippen LogP contribution in [0.4, 0.5) is 5.69 Å². The molecule has 0 spiro atoms. The van der Waals surface area contributed by atoms with Gasteiger partial charge in [0.25, 0.3) is 5.91 Å². The zero-order chi connectivity index (χ0) is 19.4. The van der Waals surface area contributed by atoms with Crippen molar-refractivity contribution in [2.45, 2.75) is 19.9 Å². The van der Waals surface area contributed by atoms with E-state index in [-0.39, 0.29) is 5.91 Å². The fourth-order valence-electron chi connectivity index (χ4n) is 2.96. The number of nitrogens with one attached hydrogen (secondary N) is 1. The number of hydrogen-bond donors (Lipinski definition) is 1. The van der Waals surface area contributed by atoms with Crippen LogP contribution in [0.15, 0.2) is 60.9 Å². The van der Waals surface area contributed by atoms with Crippen molar-refractivity contribution >= 4 is 17.6 Å². The van der Waals surface area contributed by atoms with Crippen LogP contribution in [0.2, 0.25) is 0 Å². The number of benzene rings is 2. The van der Waals surface area contributed by atoms with Crippen molar-refractivity contribution in [3.63, 3.8) is 0 Å². The van der Waals surface area contributed by atoms with E-state index in [1.165, 1.54) is 7.11 Å². The number of anilines is 1. The normalized spacial score (nSPS) is 11.7. The Morgan fingerprint density at radius 1 is 1.11 bits per heavy atom. The van der Waals surface area contributed by atoms with Crippen molar-refractivity contribution in [3.05, 3.63) is 83.2 Å². The van der Waals surface area contributed by atoms with Gasteiger partial charge >= 0.3 is 5.97 Å². The number of esters is 1. The zero-order valence-corrected chi connectivity index (χ0v) is 15.5. The molecule has 0 aliphatic rings. The summed E-state index contributed by atoms with van der Waals surface area (Å²) in [5.74, 6) is -0.678. The molecule has 6 nitrogen and oxygen atoms in total. The smallest absolute Gasteiger partial charge is 0.338 e. The highest BCUT2D eigenvalue weighted by molar-refractivity contribution is 5.98. The molecule has 0 aliphatic heterocycles. The minimum absolute atomic E-state index is 0.246. The Morgan fingerprint density at radius 3 is 2.48 bits per heavy atom. The number of hydrogen-bond acceptors (Lipinski definition) is 4. The van der Waals surface area contributed by atoms with Crippen LogP contribution in [0, 0.1) is 13.8 Å². The molecular formula is C21H21N3O3. The number of aromatic nitrogens is 2. The van der Waals surface area contributed by atoms with Crippen molar-refractivity contribution in [1.29, 1.82) is 0 Å². The average Bonchev–Trinajstić information content (AvgIpc) is 3.19. The standard InChI is InChI=1S/C21H21N3O3/c1-14-12-17(13-18(15(14)2)21(26)27-3)23-20(25)19(24-11-7-10-22-24)16-8-5-4-6-9-16/h4-13,19H,1-3H3,(H,23,25). The molecule has 3 aromatic rings. The quantitative estimate of drug-likeness (QED) is 0.704. The van der Waals surface area contributed by atoms with E-state index in [1.807, 2.05) is 50.2 Å². The maximum absolute atomic E-state index is 13.1. The van der Waals surface area contributed by atoms with E-state index in [0.717, 1.165) is 16.7 Å². The second-order valence-electron chi connectivity index (χ2n) is 6.25. The fourth-order valence-corrected chi connectivity index (χ4v) is 2.96. The van der Waals surface area contributed by atoms with Crippen molar-refractivity contribution in [2.75, 3.05) is 12.4 Å². The lowest BCUT2D eigenvalue weighted by Gasteiger charge is -2.19. The monoisotopic (exact) mass is 363 g/mol. The Hall–Kier alpha value is -3.41. The largest absolute Gasteiger partial charge is 0.465 e. The summed E-state index contributed by atoms with van der Waals surface area (Å²) in [6, 6.07) is 14.0. The summed E-state index contributed by atoms with van der Waals surface area (Å²) in [6.45, 7) is 3.74. The van der Waals surface area contributed by atoms with Crippen LogP contribution < -0.4 is 5.32 Å². The second-order valence-corrected chi connectivity index (χ2v) is 6.25. The first kappa shape index (κ1) is 18.4. The molecule has 27 heavy (non-hydrogen) atoms. The molecule has 1 atom stereocenters. The lowest BCUT2D eigenvalue weighted by Crippen LogP contribution is -2.27. The number of nitrogens with zero attached hydrogens (tertiary/aromatic N) is 2. The molecule has 3 rings (SSSR count). The van der Waals surface area contributed by atoms with Gasteiger partial charge in [-0.05, 0) is 48.7 Å². The molecule has 0 bridgehead atoms. The van der Waals surface area contributed by atoms with E-state index in [0.29, 0.717) is 11.3 Å². The van der Waals surface area contributed by atoms with E-state index < -0.39 is 12.0 Å². The lowest BCUT2D eigenvalue weighted by molar-refractivity contribution is -0.118. The van der Waals surface area contributed by atoms with Crippen LogP contribution >= 0.6 is 0 Å². The number of methoxy groups -OCH3 is 1. The number of carbonyl (C=O) groups excluding carboxylic acids is 2. The summed E-state index contributed by atoms with van der Waals surface area (Å²) in [7, 11) is 1.34. The maximum atomic E-state index is 13.1. The van der Waals surface area contributed by atoms with Crippen molar-refractivity contribution in [3.8, 4) is 0 Å². The van der Waals surface area contributed by atoms with Crippen LogP contribution in [0.1, 0.15) is 33.1 Å². The maximum Gasteiger partial charge on any atom is 0.338 e. The molecule has 138 valence electrons. The van der Waals surface area contributed by atoms with E-state index in [2.05, 4.69) is 10.4 Å². The second kappa shape index (κ2) is 7.86. The van der Waals surface area contributed by atoms with E-state index >= 15 is 0 Å². The van der Waals surface area contributed by atoms with E-state index in [9.17, 15) is 9.59 Å². The van der Waals surface area contributed by atoms with Gasteiger partial charge in [-0.2, -0.15) is 5.10 Å². The summed E-state index contributed by atoms with van der Waals surface area (Å²) in [5, 5.41) is 7.14. The molecule has 2 aromatic carbocycles. The minimum Gasteiger partial charge on any atom is -0.465 e. The van der Waals surface area contributed by atoms with Gasteiger partial charge in [0.05, 0.1) is 12.7 Å². The molecule has 0 fully saturated rings. The summed E-state index contributed by atoms with van der Waals surface area (Å²) < 4.78 is 6.45. The molecule has 0 radical (unpaired) electrons. The number of rotatable bonds is 5. The highest BCUT2D eigenvalue weighted by Gasteiger charge is 2.23. The van der Waals surface area contributed by atoms with Crippen molar-refractivity contribution in [2.24, 2.45) is 0 Å². The van der Waals surface area contributed by atoms with E-state index in [1.54, 1.807) is 29.2 Å². The number of carbonyl (C=O) groups is 2. The van der Waals surface area contributed by atoms with Gasteiger partial charge in [0.15, 0.2) is 6.04 Å². The van der Waals surface area contributed by atoms with E-state index in [4.69, 9.17) is 4.74 Å². The Bertz CT molecular complexity index is 950. The first-order valence-electron chi connectivity index (χ1n) is 8.55. The number of ether oxygens (including phenoxy) is 1. The molecule has 1 heterocycles. The third-order valence-electron chi connectivity index (χ3n) is 4.49. The predicted octanol–water partition coefficient (Wildman–Crippen LogP) is 3.51. The van der Waals surface area contributed by atoms with Crippen LogP contribution in [-0.2, 0) is 9.53 Å². The molecule has 0 saturated carbocycles. The summed E-state index contributed by atoms with van der Waals surface area (Å²) in [4.78, 5) is 25.1. The first-order chi connectivity index (χ1) is 13.0. The van der Waals surface area contributed by atoms with Gasteiger partial charge in [0, 0.05) is 18.1 Å². The van der Waals surface area contributed by atoms with Gasteiger partial charge < -0.3 is 10.1 Å². The Kier molecular flexibility index (Phi) is 5.35. The number of aryl methyl sites for hydroxylation is 1. The highest BCUT2D eigenvalue weighted by atomic mass is 16.5. The van der Waals surface area contributed by atoms with Crippen LogP contribution in [0.3, 0.4) is 0 Å². The van der Waals surface area contributed by atoms with Crippen LogP contribution in [0.25, 0.3) is 0 Å². The molecular weight excluding hydrogens is 342 g/mol. The van der Waals surface area contributed by atoms with Crippen LogP contribution in [-0.4, -0.2) is 28.8 Å². The van der Waals surface area contributed by atoms with Crippen LogP contribution in [0.5, 0.6) is 0 Å². The Balaban J connectivity index is 1.95. The SMILES string of the molecule is COC(=O)c1cc(NC(=O)C(c2ccccc2)n2cccn2)cc(C)c1C. The Morgan fingerprint density at radius 2 is 1.85 bits per heavy atom. The van der Waals surface area contributed by atoms with Gasteiger partial charge in [-0.1, -0.05) is 30.3 Å². The zero-order valence-electron chi connectivity index (χ0n) is 15.5. The summed E-state index contributed by atoms with van der Waals surface area (Å²) >= 11 is 0. The Labute approximate surface area is 157 Å². The predicted molar refractivity (Wildman–Crippen MR) is 103 cm³/mol. The van der Waals surface area contributed by atoms with Crippen molar-refractivity contribution in [1.82, 2.24) is 9.78 Å². The van der Waals surface area contributed by atoms with Crippen molar-refractivity contribution < 1.29 is 14.3 Å². The molecule has 1 unspecified atom stereocenters. The molecule has 1 aromatic heterocycles. The third-order valence-corrected chi connectivity index (χ3v) is 4.49. The highest BCUT2D eigenvalue weighted by Crippen LogP contribution is 2.24. The topological polar surface area (TPSA) is 73.2 Å². The molecule has 0 saturated heterocycles. The van der Waals surface area contributed by atoms with Gasteiger partial charge in [-0.3, -0.25) is 9.48 Å². The van der Waals surface area contributed by atoms with Gasteiger partial charge in [0.1, 0.15) is 0 Å². The molecule has 0 aliphatic carbocycles. The van der Waals surface area contributed by atoms with Gasteiger partial charge in [-0.15, -0.1) is 0 Å². The lowest BCUT2D eigenvalue weighted by atomic mass is 10.0. The summed E-state index contributed by atoms with van der Waals surface area (Å²) in [6.07, 6.45) is 3.38. The first-order valence-corrected chi connectivity index (χ1v) is 8.55.